The van der Waals surface area contributed by atoms with Gasteiger partial charge in [0.1, 0.15) is 5.54 Å². The Labute approximate surface area is 239 Å². The summed E-state index contributed by atoms with van der Waals surface area (Å²) in [5.41, 5.74) is 3.13. The van der Waals surface area contributed by atoms with E-state index in [1.165, 1.54) is 4.90 Å². The summed E-state index contributed by atoms with van der Waals surface area (Å²) in [6.07, 6.45) is 1.01. The highest BCUT2D eigenvalue weighted by Gasteiger charge is 2.47. The molecule has 0 spiro atoms. The normalized spacial score (nSPS) is 19.2. The molecule has 198 valence electrons. The largest absolute Gasteiger partial charge is 0.465 e. The number of likely N-dealkylation sites (tertiary alicyclic amines) is 1. The molecule has 4 N–H and O–H groups in total. The second-order valence-corrected chi connectivity index (χ2v) is 11.5. The smallest absolute Gasteiger partial charge is 0.407 e. The van der Waals surface area contributed by atoms with Crippen molar-refractivity contribution in [2.75, 3.05) is 23.7 Å². The molecule has 10 heteroatoms. The van der Waals surface area contributed by atoms with E-state index in [1.807, 2.05) is 48.5 Å². The van der Waals surface area contributed by atoms with E-state index in [4.69, 9.17) is 23.2 Å². The van der Waals surface area contributed by atoms with Crippen molar-refractivity contribution in [1.82, 2.24) is 10.2 Å². The predicted molar refractivity (Wildman–Crippen MR) is 154 cm³/mol. The van der Waals surface area contributed by atoms with Gasteiger partial charge in [-0.05, 0) is 60.4 Å². The Hall–Kier alpha value is -2.78. The molecule has 0 radical (unpaired) electrons. The number of carbonyl (C=O) groups is 2. The third kappa shape index (κ3) is 5.64. The zero-order chi connectivity index (χ0) is 26.9. The molecule has 0 aromatic heterocycles. The second-order valence-electron chi connectivity index (χ2n) is 9.71. The molecule has 2 aliphatic heterocycles. The van der Waals surface area contributed by atoms with Gasteiger partial charge in [-0.1, -0.05) is 63.4 Å². The molecular formula is C28H27BrCl2N4O3. The fraction of sp³-hybridized carbons (Fsp3) is 0.286. The second kappa shape index (κ2) is 11.1. The van der Waals surface area contributed by atoms with Crippen LogP contribution in [0.25, 0.3) is 0 Å². The van der Waals surface area contributed by atoms with Gasteiger partial charge in [-0.25, -0.2) is 4.79 Å². The van der Waals surface area contributed by atoms with Crippen molar-refractivity contribution in [2.45, 2.75) is 37.4 Å². The lowest BCUT2D eigenvalue weighted by molar-refractivity contribution is -0.119. The van der Waals surface area contributed by atoms with Crippen LogP contribution in [0.3, 0.4) is 0 Å². The zero-order valence-electron chi connectivity index (χ0n) is 20.4. The summed E-state index contributed by atoms with van der Waals surface area (Å²) in [4.78, 5) is 26.4. The molecule has 0 aliphatic carbocycles. The summed E-state index contributed by atoms with van der Waals surface area (Å²) >= 11 is 16.1. The van der Waals surface area contributed by atoms with Crippen LogP contribution in [0.4, 0.5) is 16.2 Å². The lowest BCUT2D eigenvalue weighted by Crippen LogP contribution is -2.45. The number of piperidine rings is 1. The van der Waals surface area contributed by atoms with Crippen LogP contribution in [0, 0.1) is 0 Å². The van der Waals surface area contributed by atoms with E-state index in [2.05, 4.69) is 31.9 Å². The van der Waals surface area contributed by atoms with Gasteiger partial charge in [0, 0.05) is 63.6 Å². The predicted octanol–water partition coefficient (Wildman–Crippen LogP) is 6.49. The van der Waals surface area contributed by atoms with Gasteiger partial charge in [0.2, 0.25) is 0 Å². The summed E-state index contributed by atoms with van der Waals surface area (Å²) in [5.74, 6) is -0.172. The standard InChI is InChI=1S/C28H27BrCl2N4O3/c29-19-5-4-18(16-32-22-8-10-35(11-9-22)27(37)38)24(13-19)34-28(15-17-2-1-3-20(30)12-17)23-7-6-21(31)14-25(23)33-26(28)36/h1-7,12-14,22,32,34H,8-11,15-16H2,(H,33,36)(H,37,38). The lowest BCUT2D eigenvalue weighted by Gasteiger charge is -2.33. The molecule has 7 nitrogen and oxygen atoms in total. The number of hydrogen-bond donors (Lipinski definition) is 4. The monoisotopic (exact) mass is 616 g/mol. The van der Waals surface area contributed by atoms with E-state index in [0.29, 0.717) is 41.8 Å². The maximum absolute atomic E-state index is 13.7. The minimum atomic E-state index is -1.09. The van der Waals surface area contributed by atoms with E-state index in [1.54, 1.807) is 12.1 Å². The van der Waals surface area contributed by atoms with Crippen molar-refractivity contribution in [1.29, 1.82) is 0 Å². The van der Waals surface area contributed by atoms with E-state index in [0.717, 1.165) is 39.7 Å². The van der Waals surface area contributed by atoms with Gasteiger partial charge in [-0.2, -0.15) is 0 Å². The summed E-state index contributed by atoms with van der Waals surface area (Å²) in [5, 5.41) is 20.6. The molecular weight excluding hydrogens is 591 g/mol. The van der Waals surface area contributed by atoms with Gasteiger partial charge >= 0.3 is 6.09 Å². The fourth-order valence-corrected chi connectivity index (χ4v) is 5.96. The summed E-state index contributed by atoms with van der Waals surface area (Å²) in [7, 11) is 0. The Morgan fingerprint density at radius 1 is 1.08 bits per heavy atom. The molecule has 0 saturated carbocycles. The molecule has 3 aromatic rings. The first-order chi connectivity index (χ1) is 18.2. The Morgan fingerprint density at radius 3 is 2.58 bits per heavy atom. The Kier molecular flexibility index (Phi) is 7.86. The van der Waals surface area contributed by atoms with E-state index >= 15 is 0 Å². The number of benzene rings is 3. The van der Waals surface area contributed by atoms with Crippen molar-refractivity contribution >= 4 is 62.5 Å². The molecule has 1 unspecified atom stereocenters. The molecule has 2 aliphatic rings. The molecule has 38 heavy (non-hydrogen) atoms. The average molecular weight is 618 g/mol. The van der Waals surface area contributed by atoms with Gasteiger partial charge in [0.05, 0.1) is 0 Å². The highest BCUT2D eigenvalue weighted by molar-refractivity contribution is 9.10. The Morgan fingerprint density at radius 2 is 1.84 bits per heavy atom. The Balaban J connectivity index is 1.45. The first-order valence-electron chi connectivity index (χ1n) is 12.4. The van der Waals surface area contributed by atoms with Crippen molar-refractivity contribution < 1.29 is 14.7 Å². The van der Waals surface area contributed by atoms with Crippen LogP contribution in [0.2, 0.25) is 10.0 Å². The van der Waals surface area contributed by atoms with Crippen LogP contribution in [0.15, 0.2) is 65.1 Å². The SMILES string of the molecule is O=C(O)N1CCC(NCc2ccc(Br)cc2NC2(Cc3cccc(Cl)c3)C(=O)Nc3cc(Cl)ccc32)CC1. The van der Waals surface area contributed by atoms with Crippen LogP contribution in [-0.4, -0.2) is 41.1 Å². The van der Waals surface area contributed by atoms with Gasteiger partial charge in [0.15, 0.2) is 0 Å². The number of carboxylic acid groups (broad SMARTS) is 1. The molecule has 1 fully saturated rings. The third-order valence-electron chi connectivity index (χ3n) is 7.20. The zero-order valence-corrected chi connectivity index (χ0v) is 23.5. The molecule has 1 atom stereocenters. The minimum absolute atomic E-state index is 0.172. The van der Waals surface area contributed by atoms with Gasteiger partial charge in [0.25, 0.3) is 5.91 Å². The molecule has 2 heterocycles. The minimum Gasteiger partial charge on any atom is -0.465 e. The molecule has 0 bridgehead atoms. The number of carbonyl (C=O) groups excluding carboxylic acids is 1. The van der Waals surface area contributed by atoms with E-state index in [-0.39, 0.29) is 11.9 Å². The van der Waals surface area contributed by atoms with Crippen LogP contribution in [0.5, 0.6) is 0 Å². The number of nitrogens with one attached hydrogen (secondary N) is 3. The number of halogens is 3. The van der Waals surface area contributed by atoms with Gasteiger partial charge < -0.3 is 26.0 Å². The van der Waals surface area contributed by atoms with Crippen molar-refractivity contribution in [3.63, 3.8) is 0 Å². The number of anilines is 2. The quantitative estimate of drug-likeness (QED) is 0.243. The number of hydrogen-bond acceptors (Lipinski definition) is 4. The maximum atomic E-state index is 13.7. The summed E-state index contributed by atoms with van der Waals surface area (Å²) in [6, 6.07) is 19.2. The maximum Gasteiger partial charge on any atom is 0.407 e. The first-order valence-corrected chi connectivity index (χ1v) is 13.9. The molecule has 2 amide bonds. The fourth-order valence-electron chi connectivity index (χ4n) is 5.22. The summed E-state index contributed by atoms with van der Waals surface area (Å²) < 4.78 is 0.881. The number of rotatable bonds is 7. The van der Waals surface area contributed by atoms with Crippen molar-refractivity contribution in [2.24, 2.45) is 0 Å². The van der Waals surface area contributed by atoms with Crippen LogP contribution >= 0.6 is 39.1 Å². The van der Waals surface area contributed by atoms with Gasteiger partial charge in [-0.15, -0.1) is 0 Å². The summed E-state index contributed by atoms with van der Waals surface area (Å²) in [6.45, 7) is 1.59. The van der Waals surface area contributed by atoms with E-state index < -0.39 is 11.6 Å². The molecule has 3 aromatic carbocycles. The van der Waals surface area contributed by atoms with Crippen molar-refractivity contribution in [3.05, 3.63) is 91.9 Å². The number of amides is 2. The number of nitrogens with zero attached hydrogens (tertiary/aromatic N) is 1. The first kappa shape index (κ1) is 26.8. The van der Waals surface area contributed by atoms with Gasteiger partial charge in [-0.3, -0.25) is 4.79 Å². The van der Waals surface area contributed by atoms with Crippen molar-refractivity contribution in [3.8, 4) is 0 Å². The average Bonchev–Trinajstić information content (AvgIpc) is 3.13. The van der Waals surface area contributed by atoms with E-state index in [9.17, 15) is 14.7 Å². The van der Waals surface area contributed by atoms with Crippen LogP contribution < -0.4 is 16.0 Å². The van der Waals surface area contributed by atoms with Crippen LogP contribution in [-0.2, 0) is 23.3 Å². The topological polar surface area (TPSA) is 93.7 Å². The van der Waals surface area contributed by atoms with Crippen LogP contribution in [0.1, 0.15) is 29.5 Å². The Bertz CT molecular complexity index is 1380. The lowest BCUT2D eigenvalue weighted by atomic mass is 9.84. The highest BCUT2D eigenvalue weighted by Crippen LogP contribution is 2.43. The third-order valence-corrected chi connectivity index (χ3v) is 8.17. The molecule has 5 rings (SSSR count). The molecule has 1 saturated heterocycles. The number of fused-ring (bicyclic) bond motifs is 1. The highest BCUT2D eigenvalue weighted by atomic mass is 79.9.